The number of hydrogen-bond donors (Lipinski definition) is 1. The highest BCUT2D eigenvalue weighted by Gasteiger charge is 2.47. The van der Waals surface area contributed by atoms with Gasteiger partial charge in [0.05, 0.1) is 12.0 Å². The minimum absolute atomic E-state index is 0.00211. The zero-order valence-electron chi connectivity index (χ0n) is 18.1. The largest absolute Gasteiger partial charge is 0.355 e. The second-order valence-corrected chi connectivity index (χ2v) is 9.68. The van der Waals surface area contributed by atoms with Crippen LogP contribution in [-0.4, -0.2) is 29.3 Å². The van der Waals surface area contributed by atoms with Crippen LogP contribution in [-0.2, 0) is 11.2 Å². The standard InChI is InChI=1S/C27H28N2O2S/c30-26(28-17-16-19-9-2-1-3-10-19)24-21-13-6-7-14-22(21)27(31)29(20-11-4-5-12-20)25(24)23-15-8-18-32-23/h1-3,6-10,13-15,18,20,24-25H,4-5,11-12,16-17H2,(H,28,30)/t24-,25+/m0/s1. The van der Waals surface area contributed by atoms with E-state index in [1.807, 2.05) is 58.8 Å². The summed E-state index contributed by atoms with van der Waals surface area (Å²) in [6.45, 7) is 0.579. The van der Waals surface area contributed by atoms with E-state index in [1.54, 1.807) is 11.3 Å². The van der Waals surface area contributed by atoms with E-state index < -0.39 is 5.92 Å². The predicted molar refractivity (Wildman–Crippen MR) is 128 cm³/mol. The molecule has 2 aliphatic rings. The summed E-state index contributed by atoms with van der Waals surface area (Å²) in [5.74, 6) is -0.333. The molecule has 0 unspecified atom stereocenters. The van der Waals surface area contributed by atoms with E-state index in [4.69, 9.17) is 0 Å². The molecular weight excluding hydrogens is 416 g/mol. The van der Waals surface area contributed by atoms with Crippen molar-refractivity contribution in [3.05, 3.63) is 93.7 Å². The Kier molecular flexibility index (Phi) is 6.08. The normalized spacial score (nSPS) is 20.9. The van der Waals surface area contributed by atoms with E-state index in [9.17, 15) is 9.59 Å². The molecule has 0 radical (unpaired) electrons. The number of nitrogens with zero attached hydrogens (tertiary/aromatic N) is 1. The molecule has 3 aromatic rings. The number of amides is 2. The van der Waals surface area contributed by atoms with Crippen LogP contribution in [0.5, 0.6) is 0 Å². The van der Waals surface area contributed by atoms with Crippen LogP contribution in [0.25, 0.3) is 0 Å². The molecule has 2 heterocycles. The number of carbonyl (C=O) groups excluding carboxylic acids is 2. The van der Waals surface area contributed by atoms with Crippen molar-refractivity contribution in [2.75, 3.05) is 6.54 Å². The van der Waals surface area contributed by atoms with Gasteiger partial charge in [-0.05, 0) is 47.9 Å². The maximum Gasteiger partial charge on any atom is 0.254 e. The van der Waals surface area contributed by atoms with E-state index in [1.165, 1.54) is 5.56 Å². The molecule has 0 spiro atoms. The second-order valence-electron chi connectivity index (χ2n) is 8.70. The summed E-state index contributed by atoms with van der Waals surface area (Å²) in [6, 6.07) is 21.9. The third-order valence-corrected chi connectivity index (χ3v) is 7.71. The zero-order chi connectivity index (χ0) is 21.9. The van der Waals surface area contributed by atoms with Gasteiger partial charge in [-0.25, -0.2) is 0 Å². The van der Waals surface area contributed by atoms with Gasteiger partial charge in [0.1, 0.15) is 0 Å². The van der Waals surface area contributed by atoms with Crippen molar-refractivity contribution in [2.45, 2.75) is 50.1 Å². The maximum absolute atomic E-state index is 13.7. The van der Waals surface area contributed by atoms with Gasteiger partial charge in [-0.2, -0.15) is 0 Å². The summed E-state index contributed by atoms with van der Waals surface area (Å²) in [6.07, 6.45) is 5.09. The fourth-order valence-corrected chi connectivity index (χ4v) is 6.13. The summed E-state index contributed by atoms with van der Waals surface area (Å²) in [5, 5.41) is 5.23. The summed E-state index contributed by atoms with van der Waals surface area (Å²) in [4.78, 5) is 30.5. The second kappa shape index (κ2) is 9.29. The highest BCUT2D eigenvalue weighted by atomic mass is 32.1. The number of benzene rings is 2. The molecule has 2 atom stereocenters. The Labute approximate surface area is 193 Å². The lowest BCUT2D eigenvalue weighted by Gasteiger charge is -2.44. The number of thiophene rings is 1. The average Bonchev–Trinajstić information content (AvgIpc) is 3.54. The van der Waals surface area contributed by atoms with Crippen molar-refractivity contribution < 1.29 is 9.59 Å². The topological polar surface area (TPSA) is 49.4 Å². The van der Waals surface area contributed by atoms with Crippen molar-refractivity contribution in [1.29, 1.82) is 0 Å². The monoisotopic (exact) mass is 444 g/mol. The molecule has 1 aliphatic heterocycles. The third-order valence-electron chi connectivity index (χ3n) is 6.77. The number of nitrogens with one attached hydrogen (secondary N) is 1. The van der Waals surface area contributed by atoms with Gasteiger partial charge in [0, 0.05) is 23.0 Å². The highest BCUT2D eigenvalue weighted by Crippen LogP contribution is 2.47. The first-order valence-electron chi connectivity index (χ1n) is 11.5. The van der Waals surface area contributed by atoms with E-state index in [0.29, 0.717) is 12.1 Å². The Balaban J connectivity index is 1.49. The average molecular weight is 445 g/mol. The van der Waals surface area contributed by atoms with Crippen LogP contribution in [0.2, 0.25) is 0 Å². The van der Waals surface area contributed by atoms with E-state index in [0.717, 1.165) is 42.5 Å². The summed E-state index contributed by atoms with van der Waals surface area (Å²) >= 11 is 1.64. The first-order chi connectivity index (χ1) is 15.7. The molecule has 5 rings (SSSR count). The predicted octanol–water partition coefficient (Wildman–Crippen LogP) is 5.33. The fraction of sp³-hybridized carbons (Fsp3) is 0.333. The van der Waals surface area contributed by atoms with E-state index in [2.05, 4.69) is 23.5 Å². The third kappa shape index (κ3) is 3.97. The van der Waals surface area contributed by atoms with E-state index in [-0.39, 0.29) is 23.9 Å². The summed E-state index contributed by atoms with van der Waals surface area (Å²) in [7, 11) is 0. The molecule has 32 heavy (non-hydrogen) atoms. The number of hydrogen-bond acceptors (Lipinski definition) is 3. The summed E-state index contributed by atoms with van der Waals surface area (Å²) < 4.78 is 0. The quantitative estimate of drug-likeness (QED) is 0.559. The Hall–Kier alpha value is -2.92. The van der Waals surface area contributed by atoms with Gasteiger partial charge in [-0.1, -0.05) is 67.4 Å². The van der Waals surface area contributed by atoms with Crippen LogP contribution in [0.3, 0.4) is 0 Å². The molecule has 1 aromatic heterocycles. The van der Waals surface area contributed by atoms with Gasteiger partial charge in [-0.3, -0.25) is 9.59 Å². The van der Waals surface area contributed by atoms with Crippen molar-refractivity contribution in [3.63, 3.8) is 0 Å². The Morgan fingerprint density at radius 3 is 2.47 bits per heavy atom. The van der Waals surface area contributed by atoms with Crippen LogP contribution in [0.1, 0.15) is 64.0 Å². The van der Waals surface area contributed by atoms with E-state index >= 15 is 0 Å². The van der Waals surface area contributed by atoms with Crippen molar-refractivity contribution in [1.82, 2.24) is 10.2 Å². The van der Waals surface area contributed by atoms with Crippen molar-refractivity contribution in [2.24, 2.45) is 0 Å². The van der Waals surface area contributed by atoms with Gasteiger partial charge in [-0.15, -0.1) is 11.3 Å². The molecule has 5 heteroatoms. The van der Waals surface area contributed by atoms with Gasteiger partial charge < -0.3 is 10.2 Å². The molecule has 0 bridgehead atoms. The van der Waals surface area contributed by atoms with Crippen LogP contribution in [0, 0.1) is 0 Å². The molecule has 1 saturated carbocycles. The Morgan fingerprint density at radius 1 is 0.969 bits per heavy atom. The minimum Gasteiger partial charge on any atom is -0.355 e. The maximum atomic E-state index is 13.7. The van der Waals surface area contributed by atoms with Gasteiger partial charge in [0.25, 0.3) is 5.91 Å². The zero-order valence-corrected chi connectivity index (χ0v) is 18.9. The molecule has 1 aliphatic carbocycles. The molecular formula is C27H28N2O2S. The lowest BCUT2D eigenvalue weighted by atomic mass is 9.80. The lowest BCUT2D eigenvalue weighted by molar-refractivity contribution is -0.124. The number of rotatable bonds is 6. The molecule has 1 fully saturated rings. The Bertz CT molecular complexity index is 1070. The van der Waals surface area contributed by atoms with Crippen LogP contribution >= 0.6 is 11.3 Å². The minimum atomic E-state index is -0.404. The molecule has 2 aromatic carbocycles. The highest BCUT2D eigenvalue weighted by molar-refractivity contribution is 7.10. The van der Waals surface area contributed by atoms with Gasteiger partial charge in [0.2, 0.25) is 5.91 Å². The smallest absolute Gasteiger partial charge is 0.254 e. The SMILES string of the molecule is O=C(NCCc1ccccc1)[C@H]1c2ccccc2C(=O)N(C2CCCC2)[C@@H]1c1cccs1. The van der Waals surface area contributed by atoms with Crippen molar-refractivity contribution in [3.8, 4) is 0 Å². The molecule has 4 nitrogen and oxygen atoms in total. The summed E-state index contributed by atoms with van der Waals surface area (Å²) in [5.41, 5.74) is 2.73. The molecule has 0 saturated heterocycles. The molecule has 164 valence electrons. The van der Waals surface area contributed by atoms with Gasteiger partial charge in [0.15, 0.2) is 0 Å². The first-order valence-corrected chi connectivity index (χ1v) is 12.4. The lowest BCUT2D eigenvalue weighted by Crippen LogP contribution is -2.50. The van der Waals surface area contributed by atoms with Crippen molar-refractivity contribution >= 4 is 23.2 Å². The number of fused-ring (bicyclic) bond motifs is 1. The van der Waals surface area contributed by atoms with Crippen LogP contribution in [0.4, 0.5) is 0 Å². The van der Waals surface area contributed by atoms with Crippen LogP contribution < -0.4 is 5.32 Å². The molecule has 1 N–H and O–H groups in total. The molecule has 2 amide bonds. The number of carbonyl (C=O) groups is 2. The fourth-order valence-electron chi connectivity index (χ4n) is 5.26. The first kappa shape index (κ1) is 21.0. The Morgan fingerprint density at radius 2 is 1.72 bits per heavy atom. The van der Waals surface area contributed by atoms with Crippen LogP contribution in [0.15, 0.2) is 72.1 Å². The van der Waals surface area contributed by atoms with Gasteiger partial charge >= 0.3 is 0 Å².